The summed E-state index contributed by atoms with van der Waals surface area (Å²) in [4.78, 5) is 33.6. The third-order valence-electron chi connectivity index (χ3n) is 5.42. The smallest absolute Gasteiger partial charge is 0.293 e. The first-order valence-electron chi connectivity index (χ1n) is 10.4. The third-order valence-corrected chi connectivity index (χ3v) is 5.42. The van der Waals surface area contributed by atoms with Gasteiger partial charge in [0.2, 0.25) is 5.82 Å². The van der Waals surface area contributed by atoms with Crippen LogP contribution in [0.5, 0.6) is 0 Å². The molecule has 8 nitrogen and oxygen atoms in total. The van der Waals surface area contributed by atoms with Crippen LogP contribution in [0.3, 0.4) is 0 Å². The van der Waals surface area contributed by atoms with Crippen molar-refractivity contribution in [2.24, 2.45) is 0 Å². The highest BCUT2D eigenvalue weighted by atomic mass is 16.3. The Kier molecular flexibility index (Phi) is 5.25. The molecule has 0 saturated carbocycles. The van der Waals surface area contributed by atoms with Crippen molar-refractivity contribution in [1.29, 1.82) is 0 Å². The molecular weight excluding hydrogens is 406 g/mol. The second-order valence-corrected chi connectivity index (χ2v) is 7.43. The number of furan rings is 1. The van der Waals surface area contributed by atoms with Gasteiger partial charge >= 0.3 is 0 Å². The number of amides is 2. The molecule has 4 aromatic rings. The number of hydrogen-bond donors (Lipinski definition) is 0. The minimum Gasteiger partial charge on any atom is -0.459 e. The van der Waals surface area contributed by atoms with Crippen LogP contribution in [-0.4, -0.2) is 62.6 Å². The van der Waals surface area contributed by atoms with E-state index in [0.717, 1.165) is 11.3 Å². The van der Waals surface area contributed by atoms with E-state index in [1.54, 1.807) is 26.6 Å². The Morgan fingerprint density at radius 2 is 1.38 bits per heavy atom. The van der Waals surface area contributed by atoms with Crippen molar-refractivity contribution in [1.82, 2.24) is 24.6 Å². The van der Waals surface area contributed by atoms with E-state index in [4.69, 9.17) is 4.42 Å². The Morgan fingerprint density at radius 1 is 0.750 bits per heavy atom. The molecule has 1 saturated heterocycles. The molecule has 0 bridgehead atoms. The number of para-hydroxylation sites is 1. The Labute approximate surface area is 184 Å². The van der Waals surface area contributed by atoms with Crippen molar-refractivity contribution >= 4 is 11.8 Å². The number of aromatic nitrogens is 3. The van der Waals surface area contributed by atoms with Crippen LogP contribution >= 0.6 is 0 Å². The lowest BCUT2D eigenvalue weighted by Crippen LogP contribution is -2.50. The quantitative estimate of drug-likeness (QED) is 0.500. The summed E-state index contributed by atoms with van der Waals surface area (Å²) in [5.41, 5.74) is 1.70. The molecule has 1 aliphatic rings. The van der Waals surface area contributed by atoms with Crippen LogP contribution in [-0.2, 0) is 0 Å². The van der Waals surface area contributed by atoms with Crippen LogP contribution in [0.25, 0.3) is 17.1 Å². The zero-order valence-electron chi connectivity index (χ0n) is 17.3. The van der Waals surface area contributed by atoms with Gasteiger partial charge < -0.3 is 14.2 Å². The van der Waals surface area contributed by atoms with Gasteiger partial charge in [-0.05, 0) is 24.3 Å². The minimum atomic E-state index is -0.248. The fourth-order valence-corrected chi connectivity index (χ4v) is 3.74. The van der Waals surface area contributed by atoms with E-state index in [2.05, 4.69) is 10.1 Å². The molecule has 32 heavy (non-hydrogen) atoms. The summed E-state index contributed by atoms with van der Waals surface area (Å²) in [7, 11) is 0. The highest BCUT2D eigenvalue weighted by Crippen LogP contribution is 2.22. The van der Waals surface area contributed by atoms with Gasteiger partial charge in [0.15, 0.2) is 11.6 Å². The van der Waals surface area contributed by atoms with E-state index >= 15 is 0 Å². The van der Waals surface area contributed by atoms with Crippen LogP contribution in [0, 0.1) is 0 Å². The SMILES string of the molecule is O=C(c1nc(-c2ccccc2)n(-c2ccccc2)n1)N1CCN(C(=O)c2ccco2)CC1. The fourth-order valence-electron chi connectivity index (χ4n) is 3.74. The van der Waals surface area contributed by atoms with Gasteiger partial charge in [-0.1, -0.05) is 48.5 Å². The van der Waals surface area contributed by atoms with E-state index in [1.165, 1.54) is 6.26 Å². The van der Waals surface area contributed by atoms with Gasteiger partial charge in [-0.2, -0.15) is 0 Å². The Morgan fingerprint density at radius 3 is 2.00 bits per heavy atom. The van der Waals surface area contributed by atoms with Gasteiger partial charge in [0, 0.05) is 31.7 Å². The van der Waals surface area contributed by atoms with Gasteiger partial charge in [-0.25, -0.2) is 9.67 Å². The molecule has 160 valence electrons. The van der Waals surface area contributed by atoms with Crippen LogP contribution < -0.4 is 0 Å². The predicted octanol–water partition coefficient (Wildman–Crippen LogP) is 3.13. The number of carbonyl (C=O) groups is 2. The van der Waals surface area contributed by atoms with Gasteiger partial charge in [0.25, 0.3) is 11.8 Å². The predicted molar refractivity (Wildman–Crippen MR) is 117 cm³/mol. The lowest BCUT2D eigenvalue weighted by Gasteiger charge is -2.33. The van der Waals surface area contributed by atoms with Crippen molar-refractivity contribution < 1.29 is 14.0 Å². The molecular formula is C24H21N5O3. The number of rotatable bonds is 4. The van der Waals surface area contributed by atoms with Gasteiger partial charge in [0.1, 0.15) is 0 Å². The van der Waals surface area contributed by atoms with Gasteiger partial charge in [0.05, 0.1) is 12.0 Å². The number of hydrogen-bond acceptors (Lipinski definition) is 5. The molecule has 0 N–H and O–H groups in total. The lowest BCUT2D eigenvalue weighted by atomic mass is 10.2. The number of nitrogens with zero attached hydrogens (tertiary/aromatic N) is 5. The van der Waals surface area contributed by atoms with E-state index in [0.29, 0.717) is 37.8 Å². The second kappa shape index (κ2) is 8.50. The van der Waals surface area contributed by atoms with E-state index in [-0.39, 0.29) is 17.6 Å². The first-order valence-corrected chi connectivity index (χ1v) is 10.4. The number of benzene rings is 2. The van der Waals surface area contributed by atoms with Crippen molar-refractivity contribution in [2.75, 3.05) is 26.2 Å². The van der Waals surface area contributed by atoms with Crippen LogP contribution in [0.2, 0.25) is 0 Å². The molecule has 2 aromatic carbocycles. The summed E-state index contributed by atoms with van der Waals surface area (Å²) >= 11 is 0. The summed E-state index contributed by atoms with van der Waals surface area (Å²) in [6, 6.07) is 22.6. The summed E-state index contributed by atoms with van der Waals surface area (Å²) in [5.74, 6) is 0.632. The van der Waals surface area contributed by atoms with Crippen molar-refractivity contribution in [2.45, 2.75) is 0 Å². The number of carbonyl (C=O) groups excluding carboxylic acids is 2. The maximum atomic E-state index is 13.2. The minimum absolute atomic E-state index is 0.138. The summed E-state index contributed by atoms with van der Waals surface area (Å²) in [6.07, 6.45) is 1.48. The van der Waals surface area contributed by atoms with E-state index in [1.807, 2.05) is 60.7 Å². The molecule has 1 aliphatic heterocycles. The van der Waals surface area contributed by atoms with Crippen LogP contribution in [0.15, 0.2) is 83.5 Å². The molecule has 5 rings (SSSR count). The first kappa shape index (κ1) is 19.7. The molecule has 0 unspecified atom stereocenters. The fraction of sp³-hybridized carbons (Fsp3) is 0.167. The van der Waals surface area contributed by atoms with Crippen LogP contribution in [0.1, 0.15) is 21.2 Å². The standard InChI is InChI=1S/C24H21N5O3/c30-23(20-12-7-17-32-20)27-13-15-28(16-14-27)24(31)21-25-22(18-8-3-1-4-9-18)29(26-21)19-10-5-2-6-11-19/h1-12,17H,13-16H2. The summed E-state index contributed by atoms with van der Waals surface area (Å²) < 4.78 is 6.89. The lowest BCUT2D eigenvalue weighted by molar-refractivity contribution is 0.0512. The Balaban J connectivity index is 1.38. The number of piperazine rings is 1. The first-order chi connectivity index (χ1) is 15.7. The highest BCUT2D eigenvalue weighted by Gasteiger charge is 2.29. The average Bonchev–Trinajstić information content (AvgIpc) is 3.55. The molecule has 2 aromatic heterocycles. The largest absolute Gasteiger partial charge is 0.459 e. The monoisotopic (exact) mass is 427 g/mol. The molecule has 0 atom stereocenters. The zero-order valence-corrected chi connectivity index (χ0v) is 17.3. The summed E-state index contributed by atoms with van der Waals surface area (Å²) in [6.45, 7) is 1.67. The highest BCUT2D eigenvalue weighted by molar-refractivity contribution is 5.93. The maximum Gasteiger partial charge on any atom is 0.293 e. The molecule has 0 spiro atoms. The molecule has 0 radical (unpaired) electrons. The maximum absolute atomic E-state index is 13.2. The van der Waals surface area contributed by atoms with Crippen molar-refractivity contribution in [3.05, 3.63) is 90.6 Å². The second-order valence-electron chi connectivity index (χ2n) is 7.43. The summed E-state index contributed by atoms with van der Waals surface area (Å²) in [5, 5.41) is 4.55. The molecule has 8 heteroatoms. The molecule has 2 amide bonds. The molecule has 3 heterocycles. The van der Waals surface area contributed by atoms with Gasteiger partial charge in [-0.15, -0.1) is 5.10 Å². The molecule has 0 aliphatic carbocycles. The third kappa shape index (κ3) is 3.78. The van der Waals surface area contributed by atoms with Crippen molar-refractivity contribution in [3.8, 4) is 17.1 Å². The van der Waals surface area contributed by atoms with E-state index < -0.39 is 0 Å². The normalized spacial score (nSPS) is 13.9. The Hall–Kier alpha value is -4.20. The topological polar surface area (TPSA) is 84.5 Å². The zero-order chi connectivity index (χ0) is 21.9. The van der Waals surface area contributed by atoms with Crippen molar-refractivity contribution in [3.63, 3.8) is 0 Å². The van der Waals surface area contributed by atoms with Crippen LogP contribution in [0.4, 0.5) is 0 Å². The Bertz CT molecular complexity index is 1150. The average molecular weight is 427 g/mol. The van der Waals surface area contributed by atoms with E-state index in [9.17, 15) is 9.59 Å². The molecule has 1 fully saturated rings. The van der Waals surface area contributed by atoms with Gasteiger partial charge in [-0.3, -0.25) is 9.59 Å².